The highest BCUT2D eigenvalue weighted by molar-refractivity contribution is 6.26. The van der Waals surface area contributed by atoms with Crippen LogP contribution in [0, 0.1) is 0 Å². The highest BCUT2D eigenvalue weighted by Gasteiger charge is 2.35. The Hall–Kier alpha value is -7.30. The van der Waals surface area contributed by atoms with Gasteiger partial charge in [-0.1, -0.05) is 127 Å². The molecule has 0 aliphatic carbocycles. The summed E-state index contributed by atoms with van der Waals surface area (Å²) in [5, 5.41) is 4.86. The molecule has 56 heavy (non-hydrogen) atoms. The van der Waals surface area contributed by atoms with Crippen LogP contribution in [0.3, 0.4) is 0 Å². The second-order valence-electron chi connectivity index (χ2n) is 14.1. The van der Waals surface area contributed by atoms with Gasteiger partial charge in [0, 0.05) is 49.6 Å². The van der Waals surface area contributed by atoms with Gasteiger partial charge in [0.05, 0.1) is 33.8 Å². The number of nitrogens with one attached hydrogen (secondary N) is 1. The summed E-state index contributed by atoms with van der Waals surface area (Å²) in [6, 6.07) is 67.9. The molecule has 0 spiro atoms. The van der Waals surface area contributed by atoms with Crippen molar-refractivity contribution in [2.45, 2.75) is 13.8 Å². The lowest BCUT2D eigenvalue weighted by atomic mass is 9.98. The van der Waals surface area contributed by atoms with Crippen molar-refractivity contribution >= 4 is 77.7 Å². The fourth-order valence-electron chi connectivity index (χ4n) is 8.40. The first-order chi connectivity index (χ1) is 27.7. The zero-order valence-corrected chi connectivity index (χ0v) is 31.4. The molecule has 268 valence electrons. The lowest BCUT2D eigenvalue weighted by Crippen LogP contribution is -2.24. The van der Waals surface area contributed by atoms with Crippen molar-refractivity contribution in [2.24, 2.45) is 0 Å². The van der Waals surface area contributed by atoms with Gasteiger partial charge in [-0.2, -0.15) is 0 Å². The van der Waals surface area contributed by atoms with Crippen LogP contribution in [-0.4, -0.2) is 9.55 Å². The van der Waals surface area contributed by atoms with Crippen LogP contribution in [0.15, 0.2) is 200 Å². The minimum Gasteiger partial charge on any atom is -0.354 e. The van der Waals surface area contributed by atoms with E-state index in [4.69, 9.17) is 0 Å². The molecule has 2 aromatic heterocycles. The topological polar surface area (TPSA) is 27.2 Å². The summed E-state index contributed by atoms with van der Waals surface area (Å²) in [7, 11) is 0. The van der Waals surface area contributed by atoms with Gasteiger partial charge in [-0.05, 0) is 97.8 Å². The lowest BCUT2D eigenvalue weighted by Gasteiger charge is -2.41. The normalized spacial score (nSPS) is 12.3. The largest absolute Gasteiger partial charge is 0.354 e. The van der Waals surface area contributed by atoms with Crippen molar-refractivity contribution in [2.75, 3.05) is 9.80 Å². The molecule has 1 aliphatic rings. The van der Waals surface area contributed by atoms with Crippen molar-refractivity contribution in [1.29, 1.82) is 0 Å². The van der Waals surface area contributed by atoms with E-state index >= 15 is 0 Å². The van der Waals surface area contributed by atoms with E-state index in [1.54, 1.807) is 0 Å². The highest BCUT2D eigenvalue weighted by Crippen LogP contribution is 2.60. The lowest BCUT2D eigenvalue weighted by molar-refractivity contribution is 1.17. The summed E-state index contributed by atoms with van der Waals surface area (Å²) in [5.74, 6) is 0. The van der Waals surface area contributed by atoms with Gasteiger partial charge in [-0.3, -0.25) is 0 Å². The van der Waals surface area contributed by atoms with Crippen molar-refractivity contribution in [3.05, 3.63) is 200 Å². The van der Waals surface area contributed by atoms with Crippen LogP contribution >= 0.6 is 0 Å². The summed E-state index contributed by atoms with van der Waals surface area (Å²) >= 11 is 0. The van der Waals surface area contributed by atoms with Crippen molar-refractivity contribution < 1.29 is 0 Å². The number of anilines is 6. The fourth-order valence-corrected chi connectivity index (χ4v) is 8.40. The highest BCUT2D eigenvalue weighted by atomic mass is 15.3. The average Bonchev–Trinajstić information content (AvgIpc) is 3.83. The molecule has 0 bridgehead atoms. The minimum absolute atomic E-state index is 1.12. The standard InChI is InChI=1S/C48H32N4.C4H8/c1-4-14-32(15-5-1)33-24-26-36(27-25-33)50-41-23-13-11-21-38(41)46-42(50)30-31-44-48(46)52(35-18-8-3-9-19-35)43-29-28-40-45(37-20-10-12-22-39(37)49-40)47(43)51(44)34-16-6-2-7-17-34;1-3-4-2/h1-31,49H;3-4H,1-2H3/b;4-3-. The predicted octanol–water partition coefficient (Wildman–Crippen LogP) is 14.9. The van der Waals surface area contributed by atoms with Gasteiger partial charge in [-0.25, -0.2) is 0 Å². The second-order valence-corrected chi connectivity index (χ2v) is 14.1. The van der Waals surface area contributed by atoms with E-state index in [1.807, 2.05) is 26.0 Å². The maximum Gasteiger partial charge on any atom is 0.0804 e. The molecular formula is C52H40N4. The quantitative estimate of drug-likeness (QED) is 0.183. The van der Waals surface area contributed by atoms with Crippen molar-refractivity contribution in [3.63, 3.8) is 0 Å². The molecule has 11 rings (SSSR count). The van der Waals surface area contributed by atoms with Crippen molar-refractivity contribution in [1.82, 2.24) is 9.55 Å². The third-order valence-electron chi connectivity index (χ3n) is 10.9. The van der Waals surface area contributed by atoms with E-state index < -0.39 is 0 Å². The van der Waals surface area contributed by atoms with Gasteiger partial charge in [0.15, 0.2) is 0 Å². The van der Waals surface area contributed by atoms with E-state index in [9.17, 15) is 0 Å². The smallest absolute Gasteiger partial charge is 0.0804 e. The van der Waals surface area contributed by atoms with Crippen LogP contribution in [0.2, 0.25) is 0 Å². The molecule has 0 unspecified atom stereocenters. The Morgan fingerprint density at radius 1 is 0.375 bits per heavy atom. The number of nitrogens with zero attached hydrogens (tertiary/aromatic N) is 3. The second kappa shape index (κ2) is 13.8. The SMILES string of the molecule is C/C=C\C.c1ccc(-c2ccc(-n3c4ccccc4c4c5c(ccc43)N(c3ccccc3)c3c(ccc4[nH]c6ccccc6c34)N5c3ccccc3)cc2)cc1. The molecular weight excluding hydrogens is 681 g/mol. The first-order valence-electron chi connectivity index (χ1n) is 19.3. The number of fused-ring (bicyclic) bond motifs is 10. The van der Waals surface area contributed by atoms with Gasteiger partial charge in [-0.15, -0.1) is 0 Å². The average molecular weight is 721 g/mol. The third-order valence-corrected chi connectivity index (χ3v) is 10.9. The number of aromatic nitrogens is 2. The summed E-state index contributed by atoms with van der Waals surface area (Å²) in [6.45, 7) is 4.00. The fraction of sp³-hybridized carbons (Fsp3) is 0.0385. The van der Waals surface area contributed by atoms with Crippen LogP contribution in [0.25, 0.3) is 60.4 Å². The molecule has 8 aromatic carbocycles. The molecule has 0 saturated heterocycles. The van der Waals surface area contributed by atoms with Gasteiger partial charge >= 0.3 is 0 Å². The first-order valence-corrected chi connectivity index (χ1v) is 19.3. The van der Waals surface area contributed by atoms with Gasteiger partial charge in [0.25, 0.3) is 0 Å². The number of benzene rings is 8. The van der Waals surface area contributed by atoms with E-state index in [1.165, 1.54) is 38.2 Å². The summed E-state index contributed by atoms with van der Waals surface area (Å²) in [5.41, 5.74) is 15.0. The van der Waals surface area contributed by atoms with E-state index in [0.29, 0.717) is 0 Å². The number of aromatic amines is 1. The van der Waals surface area contributed by atoms with Crippen LogP contribution in [0.4, 0.5) is 34.1 Å². The summed E-state index contributed by atoms with van der Waals surface area (Å²) in [4.78, 5) is 8.69. The Labute approximate surface area is 326 Å². The molecule has 0 radical (unpaired) electrons. The molecule has 0 fully saturated rings. The molecule has 0 amide bonds. The first kappa shape index (κ1) is 33.3. The number of para-hydroxylation sites is 4. The Kier molecular flexibility index (Phi) is 8.23. The zero-order chi connectivity index (χ0) is 37.6. The number of H-pyrrole nitrogens is 1. The molecule has 1 N–H and O–H groups in total. The van der Waals surface area contributed by atoms with E-state index in [0.717, 1.165) is 56.4 Å². The molecule has 0 atom stereocenters. The molecule has 0 saturated carbocycles. The van der Waals surface area contributed by atoms with Gasteiger partial charge < -0.3 is 19.4 Å². The van der Waals surface area contributed by atoms with Crippen LogP contribution in [0.5, 0.6) is 0 Å². The van der Waals surface area contributed by atoms with E-state index in [-0.39, 0.29) is 0 Å². The molecule has 3 heterocycles. The predicted molar refractivity (Wildman–Crippen MR) is 239 cm³/mol. The summed E-state index contributed by atoms with van der Waals surface area (Å²) < 4.78 is 2.42. The van der Waals surface area contributed by atoms with E-state index in [2.05, 4.69) is 207 Å². The number of rotatable bonds is 4. The van der Waals surface area contributed by atoms with Crippen LogP contribution < -0.4 is 9.80 Å². The van der Waals surface area contributed by atoms with Gasteiger partial charge in [0.2, 0.25) is 0 Å². The monoisotopic (exact) mass is 720 g/mol. The Bertz CT molecular complexity index is 3030. The third kappa shape index (κ3) is 5.30. The maximum atomic E-state index is 3.72. The number of hydrogen-bond acceptors (Lipinski definition) is 2. The van der Waals surface area contributed by atoms with Gasteiger partial charge in [0.1, 0.15) is 0 Å². The zero-order valence-electron chi connectivity index (χ0n) is 31.4. The minimum atomic E-state index is 1.12. The Balaban J connectivity index is 0.000000919. The maximum absolute atomic E-state index is 3.72. The number of allylic oxidation sites excluding steroid dienone is 2. The molecule has 1 aliphatic heterocycles. The number of hydrogen-bond donors (Lipinski definition) is 1. The Morgan fingerprint density at radius 3 is 1.54 bits per heavy atom. The molecule has 4 nitrogen and oxygen atoms in total. The molecule has 10 aromatic rings. The Morgan fingerprint density at radius 2 is 0.893 bits per heavy atom. The van der Waals surface area contributed by atoms with Crippen LogP contribution in [0.1, 0.15) is 13.8 Å². The molecule has 4 heteroatoms. The summed E-state index contributed by atoms with van der Waals surface area (Å²) in [6.07, 6.45) is 4.00. The van der Waals surface area contributed by atoms with Crippen LogP contribution in [-0.2, 0) is 0 Å². The van der Waals surface area contributed by atoms with Crippen molar-refractivity contribution in [3.8, 4) is 16.8 Å².